The van der Waals surface area contributed by atoms with Gasteiger partial charge in [-0.05, 0) is 13.8 Å². The van der Waals surface area contributed by atoms with Crippen LogP contribution in [0.4, 0.5) is 5.82 Å². The third-order valence-corrected chi connectivity index (χ3v) is 2.35. The second-order valence-corrected chi connectivity index (χ2v) is 3.96. The Bertz CT molecular complexity index is 396. The second-order valence-electron chi connectivity index (χ2n) is 3.96. The summed E-state index contributed by atoms with van der Waals surface area (Å²) in [5, 5.41) is 5.87. The van der Waals surface area contributed by atoms with Crippen LogP contribution in [0, 0.1) is 13.8 Å². The van der Waals surface area contributed by atoms with Gasteiger partial charge in [0.2, 0.25) is 5.91 Å². The van der Waals surface area contributed by atoms with Gasteiger partial charge in [-0.1, -0.05) is 0 Å². The molecule has 1 aromatic heterocycles. The van der Waals surface area contributed by atoms with E-state index in [9.17, 15) is 4.79 Å². The number of nitrogens with one attached hydrogen (secondary N) is 2. The van der Waals surface area contributed by atoms with E-state index in [4.69, 9.17) is 4.74 Å². The molecule has 0 saturated heterocycles. The number of anilines is 1. The quantitative estimate of drug-likeness (QED) is 0.697. The van der Waals surface area contributed by atoms with Gasteiger partial charge < -0.3 is 15.4 Å². The molecule has 6 nitrogen and oxygen atoms in total. The summed E-state index contributed by atoms with van der Waals surface area (Å²) < 4.78 is 4.85. The number of methoxy groups -OCH3 is 1. The standard InChI is InChI=1S/C12H20N4O2/c1-9-8-15-10(2)12(16-9)14-5-4-11(17)13-6-7-18-3/h8H,4-7H2,1-3H3,(H,13,17)(H,14,16). The van der Waals surface area contributed by atoms with Crippen LogP contribution >= 0.6 is 0 Å². The van der Waals surface area contributed by atoms with Gasteiger partial charge in [0.25, 0.3) is 0 Å². The normalized spacial score (nSPS) is 10.2. The Kier molecular flexibility index (Phi) is 6.07. The Morgan fingerprint density at radius 2 is 2.17 bits per heavy atom. The molecule has 1 aromatic rings. The highest BCUT2D eigenvalue weighted by atomic mass is 16.5. The zero-order valence-corrected chi connectivity index (χ0v) is 11.1. The van der Waals surface area contributed by atoms with E-state index >= 15 is 0 Å². The highest BCUT2D eigenvalue weighted by molar-refractivity contribution is 5.76. The van der Waals surface area contributed by atoms with Crippen LogP contribution in [-0.2, 0) is 9.53 Å². The minimum absolute atomic E-state index is 0.00202. The van der Waals surface area contributed by atoms with E-state index in [1.807, 2.05) is 13.8 Å². The Morgan fingerprint density at radius 1 is 1.39 bits per heavy atom. The maximum absolute atomic E-state index is 11.4. The molecule has 0 atom stereocenters. The molecule has 0 aromatic carbocycles. The molecule has 0 unspecified atom stereocenters. The number of ether oxygens (including phenoxy) is 1. The molecular formula is C12H20N4O2. The monoisotopic (exact) mass is 252 g/mol. The molecule has 0 saturated carbocycles. The maximum atomic E-state index is 11.4. The molecule has 0 aliphatic rings. The summed E-state index contributed by atoms with van der Waals surface area (Å²) in [6.07, 6.45) is 2.12. The first-order valence-corrected chi connectivity index (χ1v) is 5.93. The van der Waals surface area contributed by atoms with Crippen molar-refractivity contribution in [1.82, 2.24) is 15.3 Å². The SMILES string of the molecule is COCCNC(=O)CCNc1nc(C)cnc1C. The molecule has 0 radical (unpaired) electrons. The molecule has 6 heteroatoms. The largest absolute Gasteiger partial charge is 0.383 e. The van der Waals surface area contributed by atoms with Crippen molar-refractivity contribution in [2.45, 2.75) is 20.3 Å². The fourth-order valence-corrected chi connectivity index (χ4v) is 1.38. The van der Waals surface area contributed by atoms with E-state index in [0.717, 1.165) is 17.2 Å². The van der Waals surface area contributed by atoms with E-state index in [1.54, 1.807) is 13.3 Å². The first-order chi connectivity index (χ1) is 8.63. The van der Waals surface area contributed by atoms with Gasteiger partial charge in [0, 0.05) is 32.8 Å². The van der Waals surface area contributed by atoms with Crippen molar-refractivity contribution < 1.29 is 9.53 Å². The maximum Gasteiger partial charge on any atom is 0.221 e. The molecule has 0 fully saturated rings. The fraction of sp³-hybridized carbons (Fsp3) is 0.583. The van der Waals surface area contributed by atoms with Gasteiger partial charge >= 0.3 is 0 Å². The second kappa shape index (κ2) is 7.60. The average Bonchev–Trinajstić information content (AvgIpc) is 2.34. The summed E-state index contributed by atoms with van der Waals surface area (Å²) in [6, 6.07) is 0. The number of nitrogens with zero attached hydrogens (tertiary/aromatic N) is 2. The summed E-state index contributed by atoms with van der Waals surface area (Å²) in [7, 11) is 1.60. The predicted octanol–water partition coefficient (Wildman–Crippen LogP) is 0.658. The molecular weight excluding hydrogens is 232 g/mol. The van der Waals surface area contributed by atoms with Crippen LogP contribution in [0.2, 0.25) is 0 Å². The van der Waals surface area contributed by atoms with Crippen molar-refractivity contribution in [1.29, 1.82) is 0 Å². The lowest BCUT2D eigenvalue weighted by Gasteiger charge is -2.08. The lowest BCUT2D eigenvalue weighted by molar-refractivity contribution is -0.121. The Balaban J connectivity index is 2.28. The predicted molar refractivity (Wildman–Crippen MR) is 69.5 cm³/mol. The number of amides is 1. The smallest absolute Gasteiger partial charge is 0.221 e. The Labute approximate surface area is 107 Å². The van der Waals surface area contributed by atoms with Crippen LogP contribution in [0.15, 0.2) is 6.20 Å². The molecule has 1 heterocycles. The first-order valence-electron chi connectivity index (χ1n) is 5.93. The molecule has 0 bridgehead atoms. The number of carbonyl (C=O) groups is 1. The fourth-order valence-electron chi connectivity index (χ4n) is 1.38. The van der Waals surface area contributed by atoms with Crippen LogP contribution in [0.1, 0.15) is 17.8 Å². The minimum Gasteiger partial charge on any atom is -0.383 e. The van der Waals surface area contributed by atoms with Gasteiger partial charge in [-0.25, -0.2) is 4.98 Å². The highest BCUT2D eigenvalue weighted by Crippen LogP contribution is 2.08. The molecule has 18 heavy (non-hydrogen) atoms. The summed E-state index contributed by atoms with van der Waals surface area (Å²) in [5.41, 5.74) is 1.69. The molecule has 100 valence electrons. The van der Waals surface area contributed by atoms with Crippen LogP contribution in [0.3, 0.4) is 0 Å². The molecule has 0 spiro atoms. The van der Waals surface area contributed by atoms with Crippen molar-refractivity contribution in [2.75, 3.05) is 32.1 Å². The van der Waals surface area contributed by atoms with Crippen LogP contribution in [0.5, 0.6) is 0 Å². The number of hydrogen-bond acceptors (Lipinski definition) is 5. The number of rotatable bonds is 7. The number of hydrogen-bond donors (Lipinski definition) is 2. The highest BCUT2D eigenvalue weighted by Gasteiger charge is 2.03. The zero-order chi connectivity index (χ0) is 13.4. The zero-order valence-electron chi connectivity index (χ0n) is 11.1. The molecule has 0 aliphatic carbocycles. The minimum atomic E-state index is -0.00202. The van der Waals surface area contributed by atoms with Crippen molar-refractivity contribution in [3.8, 4) is 0 Å². The molecule has 2 N–H and O–H groups in total. The first kappa shape index (κ1) is 14.4. The third-order valence-electron chi connectivity index (χ3n) is 2.35. The molecule has 1 rings (SSSR count). The lowest BCUT2D eigenvalue weighted by atomic mass is 10.3. The average molecular weight is 252 g/mol. The van der Waals surface area contributed by atoms with E-state index < -0.39 is 0 Å². The van der Waals surface area contributed by atoms with Gasteiger partial charge in [-0.15, -0.1) is 0 Å². The van der Waals surface area contributed by atoms with Gasteiger partial charge in [0.1, 0.15) is 5.82 Å². The van der Waals surface area contributed by atoms with Crippen LogP contribution in [0.25, 0.3) is 0 Å². The van der Waals surface area contributed by atoms with Crippen molar-refractivity contribution in [3.63, 3.8) is 0 Å². The van der Waals surface area contributed by atoms with Crippen LogP contribution < -0.4 is 10.6 Å². The van der Waals surface area contributed by atoms with Crippen molar-refractivity contribution >= 4 is 11.7 Å². The topological polar surface area (TPSA) is 76.1 Å². The van der Waals surface area contributed by atoms with E-state index in [2.05, 4.69) is 20.6 Å². The van der Waals surface area contributed by atoms with E-state index in [1.165, 1.54) is 0 Å². The number of carbonyl (C=O) groups excluding carboxylic acids is 1. The molecule has 0 aliphatic heterocycles. The van der Waals surface area contributed by atoms with Gasteiger partial charge in [0.05, 0.1) is 18.0 Å². The van der Waals surface area contributed by atoms with Gasteiger partial charge in [-0.3, -0.25) is 9.78 Å². The summed E-state index contributed by atoms with van der Waals surface area (Å²) >= 11 is 0. The third kappa shape index (κ3) is 5.09. The van der Waals surface area contributed by atoms with Crippen molar-refractivity contribution in [3.05, 3.63) is 17.6 Å². The van der Waals surface area contributed by atoms with E-state index in [0.29, 0.717) is 26.1 Å². The van der Waals surface area contributed by atoms with E-state index in [-0.39, 0.29) is 5.91 Å². The number of aryl methyl sites for hydroxylation is 2. The Morgan fingerprint density at radius 3 is 2.89 bits per heavy atom. The van der Waals surface area contributed by atoms with Crippen LogP contribution in [-0.4, -0.2) is 42.7 Å². The lowest BCUT2D eigenvalue weighted by Crippen LogP contribution is -2.28. The molecule has 1 amide bonds. The summed E-state index contributed by atoms with van der Waals surface area (Å²) in [5.74, 6) is 0.734. The summed E-state index contributed by atoms with van der Waals surface area (Å²) in [4.78, 5) is 19.9. The summed E-state index contributed by atoms with van der Waals surface area (Å²) in [6.45, 7) is 5.38. The Hall–Kier alpha value is -1.69. The number of aromatic nitrogens is 2. The van der Waals surface area contributed by atoms with Gasteiger partial charge in [-0.2, -0.15) is 0 Å². The van der Waals surface area contributed by atoms with Gasteiger partial charge in [0.15, 0.2) is 0 Å². The van der Waals surface area contributed by atoms with Crippen molar-refractivity contribution in [2.24, 2.45) is 0 Å².